The molecule has 2 radical (unpaired) electrons. The minimum atomic E-state index is -0.118. The third kappa shape index (κ3) is 7.30. The van der Waals surface area contributed by atoms with Gasteiger partial charge in [0.15, 0.2) is 0 Å². The van der Waals surface area contributed by atoms with Crippen LogP contribution in [0.25, 0.3) is 5.57 Å². The molecule has 0 atom stereocenters. The van der Waals surface area contributed by atoms with Gasteiger partial charge >= 0.3 is 0 Å². The fraction of sp³-hybridized carbons (Fsp3) is 0.385. The molecule has 0 saturated carbocycles. The molecule has 0 aliphatic carbocycles. The number of benzene rings is 1. The van der Waals surface area contributed by atoms with Crippen molar-refractivity contribution in [1.82, 2.24) is 0 Å². The molecule has 1 aromatic rings. The Labute approximate surface area is 154 Å². The van der Waals surface area contributed by atoms with Crippen molar-refractivity contribution in [2.24, 2.45) is 5.92 Å². The number of rotatable bonds is 5. The van der Waals surface area contributed by atoms with Crippen LogP contribution < -0.4 is 0 Å². The molecule has 0 aliphatic rings. The molecular weight excluding hydrogens is 366 g/mol. The van der Waals surface area contributed by atoms with E-state index in [9.17, 15) is 0 Å². The summed E-state index contributed by atoms with van der Waals surface area (Å²) in [6, 6.07) is 9.00. The van der Waals surface area contributed by atoms with Crippen LogP contribution in [0.3, 0.4) is 0 Å². The third-order valence-corrected chi connectivity index (χ3v) is 2.40. The van der Waals surface area contributed by atoms with E-state index >= 15 is 0 Å². The Morgan fingerprint density at radius 3 is 2.29 bits per heavy atom. The largest absolute Gasteiger partial charge is 0.396 e. The molecular formula is C13H17O2Y2-. The monoisotopic (exact) mass is 383 g/mol. The van der Waals surface area contributed by atoms with E-state index in [-0.39, 0.29) is 84.6 Å². The van der Waals surface area contributed by atoms with Gasteiger partial charge in [0.1, 0.15) is 0 Å². The summed E-state index contributed by atoms with van der Waals surface area (Å²) < 4.78 is 0. The Morgan fingerprint density at radius 1 is 1.29 bits per heavy atom. The van der Waals surface area contributed by atoms with Crippen molar-refractivity contribution < 1.29 is 75.6 Å². The SMILES string of the molecule is C=C(CC(CO)CO)c1[c-]cc(C)cc1.[Y].[Y]. The second kappa shape index (κ2) is 11.0. The van der Waals surface area contributed by atoms with E-state index in [1.54, 1.807) is 0 Å². The molecule has 0 amide bonds. The van der Waals surface area contributed by atoms with Crippen LogP contribution in [0.15, 0.2) is 24.8 Å². The van der Waals surface area contributed by atoms with Crippen LogP contribution in [0.4, 0.5) is 0 Å². The Balaban J connectivity index is 0. The summed E-state index contributed by atoms with van der Waals surface area (Å²) in [4.78, 5) is 0. The molecule has 4 heteroatoms. The predicted molar refractivity (Wildman–Crippen MR) is 61.3 cm³/mol. The Kier molecular flexibility index (Phi) is 13.2. The molecule has 0 saturated heterocycles. The smallest absolute Gasteiger partial charge is 0.0476 e. The number of aliphatic hydroxyl groups excluding tert-OH is 2. The fourth-order valence-electron chi connectivity index (χ4n) is 1.37. The Morgan fingerprint density at radius 2 is 1.88 bits per heavy atom. The van der Waals surface area contributed by atoms with Crippen molar-refractivity contribution in [3.05, 3.63) is 42.0 Å². The van der Waals surface area contributed by atoms with Crippen molar-refractivity contribution in [1.29, 1.82) is 0 Å². The van der Waals surface area contributed by atoms with Crippen LogP contribution in [-0.2, 0) is 65.4 Å². The van der Waals surface area contributed by atoms with Gasteiger partial charge in [0.05, 0.1) is 0 Å². The number of aryl methyl sites for hydroxylation is 1. The van der Waals surface area contributed by atoms with Gasteiger partial charge in [0.2, 0.25) is 0 Å². The van der Waals surface area contributed by atoms with Crippen LogP contribution in [0, 0.1) is 18.9 Å². The van der Waals surface area contributed by atoms with E-state index in [2.05, 4.69) is 12.6 Å². The summed E-state index contributed by atoms with van der Waals surface area (Å²) in [5, 5.41) is 17.9. The van der Waals surface area contributed by atoms with Crippen LogP contribution >= 0.6 is 0 Å². The Hall–Kier alpha value is 1.09. The van der Waals surface area contributed by atoms with Crippen molar-refractivity contribution in [3.63, 3.8) is 0 Å². The molecule has 17 heavy (non-hydrogen) atoms. The molecule has 2 N–H and O–H groups in total. The zero-order valence-corrected chi connectivity index (χ0v) is 15.9. The first kappa shape index (κ1) is 20.4. The standard InChI is InChI=1S/C13H17O2.2Y/c1-10-3-5-13(6-4-10)11(2)7-12(8-14)9-15;;/h3-5,12,14-15H,2,7-9H2,1H3;;/q-1;;. The molecule has 88 valence electrons. The minimum Gasteiger partial charge on any atom is -0.396 e. The maximum absolute atomic E-state index is 8.95. The van der Waals surface area contributed by atoms with E-state index in [1.165, 1.54) is 0 Å². The van der Waals surface area contributed by atoms with Gasteiger partial charge in [-0.05, 0) is 0 Å². The first-order valence-electron chi connectivity index (χ1n) is 5.05. The normalized spacial score (nSPS) is 9.41. The van der Waals surface area contributed by atoms with E-state index in [0.717, 1.165) is 16.7 Å². The Bertz CT molecular complexity index is 319. The van der Waals surface area contributed by atoms with Crippen molar-refractivity contribution in [3.8, 4) is 0 Å². The van der Waals surface area contributed by atoms with Gasteiger partial charge in [-0.3, -0.25) is 0 Å². The maximum Gasteiger partial charge on any atom is 0.0476 e. The van der Waals surface area contributed by atoms with Crippen LogP contribution in [0.5, 0.6) is 0 Å². The van der Waals surface area contributed by atoms with E-state index in [0.29, 0.717) is 6.42 Å². The third-order valence-electron chi connectivity index (χ3n) is 2.40. The maximum atomic E-state index is 8.95. The van der Waals surface area contributed by atoms with E-state index < -0.39 is 0 Å². The van der Waals surface area contributed by atoms with Gasteiger partial charge < -0.3 is 10.2 Å². The summed E-state index contributed by atoms with van der Waals surface area (Å²) >= 11 is 0. The van der Waals surface area contributed by atoms with Gasteiger partial charge in [-0.15, -0.1) is 47.5 Å². The average molecular weight is 383 g/mol. The summed E-state index contributed by atoms with van der Waals surface area (Å²) in [5.41, 5.74) is 3.02. The topological polar surface area (TPSA) is 40.5 Å². The number of aliphatic hydroxyl groups is 2. The zero-order chi connectivity index (χ0) is 11.3. The fourth-order valence-corrected chi connectivity index (χ4v) is 1.37. The molecule has 0 heterocycles. The summed E-state index contributed by atoms with van der Waals surface area (Å²) in [6.45, 7) is 5.92. The summed E-state index contributed by atoms with van der Waals surface area (Å²) in [6.07, 6.45) is 0.604. The average Bonchev–Trinajstić information content (AvgIpc) is 2.26. The first-order valence-corrected chi connectivity index (χ1v) is 5.05. The predicted octanol–water partition coefficient (Wildman–Crippen LogP) is 1.79. The number of hydrogen-bond acceptors (Lipinski definition) is 2. The van der Waals surface area contributed by atoms with Crippen LogP contribution in [0.2, 0.25) is 0 Å². The van der Waals surface area contributed by atoms with Crippen molar-refractivity contribution in [2.45, 2.75) is 13.3 Å². The molecule has 0 aromatic heterocycles. The number of allylic oxidation sites excluding steroid dienone is 1. The molecule has 0 spiro atoms. The minimum absolute atomic E-state index is 0. The second-order valence-corrected chi connectivity index (χ2v) is 3.82. The molecule has 0 fully saturated rings. The van der Waals surface area contributed by atoms with Crippen molar-refractivity contribution in [2.75, 3.05) is 13.2 Å². The zero-order valence-electron chi connectivity index (χ0n) is 10.2. The van der Waals surface area contributed by atoms with Gasteiger partial charge in [0.25, 0.3) is 0 Å². The quantitative estimate of drug-likeness (QED) is 0.762. The molecule has 1 aromatic carbocycles. The van der Waals surface area contributed by atoms with Gasteiger partial charge in [-0.25, -0.2) is 0 Å². The molecule has 1 rings (SSSR count). The van der Waals surface area contributed by atoms with Crippen molar-refractivity contribution >= 4 is 5.57 Å². The molecule has 2 nitrogen and oxygen atoms in total. The number of hydrogen-bond donors (Lipinski definition) is 2. The van der Waals surface area contributed by atoms with Gasteiger partial charge in [-0.1, -0.05) is 13.3 Å². The summed E-state index contributed by atoms with van der Waals surface area (Å²) in [7, 11) is 0. The molecule has 0 aliphatic heterocycles. The van der Waals surface area contributed by atoms with Gasteiger partial charge in [0, 0.05) is 84.6 Å². The van der Waals surface area contributed by atoms with Crippen LogP contribution in [0.1, 0.15) is 17.5 Å². The van der Waals surface area contributed by atoms with E-state index in [4.69, 9.17) is 10.2 Å². The first-order chi connectivity index (χ1) is 7.17. The second-order valence-electron chi connectivity index (χ2n) is 3.82. The summed E-state index contributed by atoms with van der Waals surface area (Å²) in [5.74, 6) is -0.118. The molecule has 0 bridgehead atoms. The van der Waals surface area contributed by atoms with Gasteiger partial charge in [-0.2, -0.15) is 0 Å². The van der Waals surface area contributed by atoms with E-state index in [1.807, 2.05) is 25.1 Å². The molecule has 0 unspecified atom stereocenters. The van der Waals surface area contributed by atoms with Crippen LogP contribution in [-0.4, -0.2) is 23.4 Å².